The fourth-order valence-corrected chi connectivity index (χ4v) is 5.02. The fourth-order valence-electron chi connectivity index (χ4n) is 5.02. The Morgan fingerprint density at radius 2 is 1.64 bits per heavy atom. The molecule has 132 valence electrons. The lowest BCUT2D eigenvalue weighted by molar-refractivity contribution is 0.420. The second-order valence-corrected chi connectivity index (χ2v) is 10.6. The van der Waals surface area contributed by atoms with E-state index in [2.05, 4.69) is 78.8 Å². The Hall–Kier alpha value is -1.56. The van der Waals surface area contributed by atoms with Gasteiger partial charge < -0.3 is 0 Å². The first-order chi connectivity index (χ1) is 11.5. The Balaban J connectivity index is 2.04. The van der Waals surface area contributed by atoms with Crippen LogP contribution in [0.15, 0.2) is 41.0 Å². The first-order valence-corrected chi connectivity index (χ1v) is 9.81. The molecular weight excluding hydrogens is 300 g/mol. The highest BCUT2D eigenvalue weighted by atomic mass is 14.4. The molecule has 3 aliphatic rings. The topological polar surface area (TPSA) is 0 Å². The molecule has 1 aromatic carbocycles. The highest BCUT2D eigenvalue weighted by Gasteiger charge is 2.38. The Kier molecular flexibility index (Phi) is 3.37. The predicted molar refractivity (Wildman–Crippen MR) is 109 cm³/mol. The van der Waals surface area contributed by atoms with Crippen LogP contribution in [0.4, 0.5) is 0 Å². The van der Waals surface area contributed by atoms with Crippen LogP contribution in [-0.4, -0.2) is 0 Å². The highest BCUT2D eigenvalue weighted by molar-refractivity contribution is 5.82. The molecule has 25 heavy (non-hydrogen) atoms. The van der Waals surface area contributed by atoms with E-state index in [0.29, 0.717) is 5.41 Å². The predicted octanol–water partition coefficient (Wildman–Crippen LogP) is 5.40. The summed E-state index contributed by atoms with van der Waals surface area (Å²) in [6, 6.07) is 7.15. The molecule has 0 heteroatoms. The van der Waals surface area contributed by atoms with E-state index in [9.17, 15) is 0 Å². The number of hydrogen-bond donors (Lipinski definition) is 0. The lowest BCUT2D eigenvalue weighted by atomic mass is 9.72. The lowest BCUT2D eigenvalue weighted by Gasteiger charge is -2.32. The molecule has 0 fully saturated rings. The Morgan fingerprint density at radius 3 is 2.32 bits per heavy atom. The summed E-state index contributed by atoms with van der Waals surface area (Å²) in [4.78, 5) is 0. The van der Waals surface area contributed by atoms with Crippen LogP contribution < -0.4 is 10.4 Å². The zero-order chi connectivity index (χ0) is 18.2. The third-order valence-corrected chi connectivity index (χ3v) is 6.35. The summed E-state index contributed by atoms with van der Waals surface area (Å²) >= 11 is 0. The average molecular weight is 333 g/mol. The Bertz CT molecular complexity index is 937. The van der Waals surface area contributed by atoms with Crippen molar-refractivity contribution in [2.24, 2.45) is 10.8 Å². The quantitative estimate of drug-likeness (QED) is 0.596. The molecule has 4 rings (SSSR count). The largest absolute Gasteiger partial charge is 0.0750 e. The van der Waals surface area contributed by atoms with Crippen LogP contribution in [0.3, 0.4) is 0 Å². The number of rotatable bonds is 0. The van der Waals surface area contributed by atoms with E-state index in [1.54, 1.807) is 22.3 Å². The van der Waals surface area contributed by atoms with Crippen LogP contribution >= 0.6 is 0 Å². The van der Waals surface area contributed by atoms with Crippen LogP contribution in [0.2, 0.25) is 0 Å². The number of hydrogen-bond acceptors (Lipinski definition) is 0. The maximum Gasteiger partial charge on any atom is 0.00903 e. The smallest absolute Gasteiger partial charge is 0.00903 e. The Labute approximate surface area is 153 Å². The number of allylic oxidation sites excluding steroid dienone is 4. The molecule has 0 radical (unpaired) electrons. The van der Waals surface area contributed by atoms with E-state index < -0.39 is 0 Å². The first-order valence-electron chi connectivity index (χ1n) is 9.81. The number of benzene rings is 1. The SMILES string of the molecule is CC1(C)C=C2CC3=c4cc(C(C)(C)C)ccc4=CC(C)(C)C3=C2CC1. The van der Waals surface area contributed by atoms with Crippen molar-refractivity contribution in [3.8, 4) is 0 Å². The van der Waals surface area contributed by atoms with Crippen LogP contribution in [0.25, 0.3) is 11.6 Å². The fraction of sp³-hybridized carbons (Fsp3) is 0.520. The number of fused-ring (bicyclic) bond motifs is 3. The van der Waals surface area contributed by atoms with E-state index in [1.807, 2.05) is 0 Å². The van der Waals surface area contributed by atoms with E-state index in [1.165, 1.54) is 28.8 Å². The third-order valence-electron chi connectivity index (χ3n) is 6.35. The van der Waals surface area contributed by atoms with Gasteiger partial charge in [-0.2, -0.15) is 0 Å². The van der Waals surface area contributed by atoms with Gasteiger partial charge in [0, 0.05) is 5.41 Å². The molecule has 3 aliphatic carbocycles. The molecule has 0 atom stereocenters. The molecule has 0 N–H and O–H groups in total. The van der Waals surface area contributed by atoms with Crippen molar-refractivity contribution in [2.45, 2.75) is 73.1 Å². The molecule has 0 aromatic heterocycles. The minimum Gasteiger partial charge on any atom is -0.0750 e. The Morgan fingerprint density at radius 1 is 0.920 bits per heavy atom. The van der Waals surface area contributed by atoms with Crippen LogP contribution in [0.1, 0.15) is 73.3 Å². The summed E-state index contributed by atoms with van der Waals surface area (Å²) in [7, 11) is 0. The molecule has 0 heterocycles. The summed E-state index contributed by atoms with van der Waals surface area (Å²) in [5, 5.41) is 2.92. The molecule has 0 nitrogen and oxygen atoms in total. The normalized spacial score (nSPS) is 23.5. The van der Waals surface area contributed by atoms with Crippen molar-refractivity contribution in [2.75, 3.05) is 0 Å². The maximum absolute atomic E-state index is 2.56. The zero-order valence-corrected chi connectivity index (χ0v) is 17.0. The van der Waals surface area contributed by atoms with Gasteiger partial charge in [0.1, 0.15) is 0 Å². The maximum atomic E-state index is 2.56. The van der Waals surface area contributed by atoms with Gasteiger partial charge in [-0.15, -0.1) is 0 Å². The van der Waals surface area contributed by atoms with Crippen LogP contribution in [0.5, 0.6) is 0 Å². The summed E-state index contributed by atoms with van der Waals surface area (Å²) in [5.74, 6) is 0. The summed E-state index contributed by atoms with van der Waals surface area (Å²) < 4.78 is 0. The van der Waals surface area contributed by atoms with Crippen molar-refractivity contribution >= 4 is 11.6 Å². The monoisotopic (exact) mass is 332 g/mol. The van der Waals surface area contributed by atoms with E-state index in [4.69, 9.17) is 0 Å². The van der Waals surface area contributed by atoms with Crippen LogP contribution in [0, 0.1) is 10.8 Å². The molecule has 0 aliphatic heterocycles. The first kappa shape index (κ1) is 16.9. The van der Waals surface area contributed by atoms with Crippen molar-refractivity contribution in [1.82, 2.24) is 0 Å². The van der Waals surface area contributed by atoms with Crippen molar-refractivity contribution in [3.05, 3.63) is 57.0 Å². The summed E-state index contributed by atoms with van der Waals surface area (Å²) in [5.41, 5.74) is 8.62. The zero-order valence-electron chi connectivity index (χ0n) is 17.0. The summed E-state index contributed by atoms with van der Waals surface area (Å²) in [6.07, 6.45) is 8.71. The standard InChI is InChI=1S/C25H32/c1-23(2,3)18-9-8-16-15-25(6,7)22-19-10-11-24(4,5)14-17(19)12-21(22)20(16)13-18/h8-9,13-15H,10-12H2,1-7H3. The van der Waals surface area contributed by atoms with Gasteiger partial charge >= 0.3 is 0 Å². The van der Waals surface area contributed by atoms with Crippen LogP contribution in [-0.2, 0) is 5.41 Å². The minimum absolute atomic E-state index is 0.137. The van der Waals surface area contributed by atoms with E-state index >= 15 is 0 Å². The highest BCUT2D eigenvalue weighted by Crippen LogP contribution is 2.52. The second-order valence-electron chi connectivity index (χ2n) is 10.6. The van der Waals surface area contributed by atoms with E-state index in [-0.39, 0.29) is 10.8 Å². The molecule has 0 saturated heterocycles. The van der Waals surface area contributed by atoms with Crippen molar-refractivity contribution in [3.63, 3.8) is 0 Å². The average Bonchev–Trinajstić information content (AvgIpc) is 2.83. The van der Waals surface area contributed by atoms with Gasteiger partial charge in [0.2, 0.25) is 0 Å². The van der Waals surface area contributed by atoms with Gasteiger partial charge in [-0.1, -0.05) is 78.8 Å². The van der Waals surface area contributed by atoms with Gasteiger partial charge in [-0.25, -0.2) is 0 Å². The molecule has 1 aromatic rings. The molecule has 0 bridgehead atoms. The second kappa shape index (κ2) is 5.00. The third kappa shape index (κ3) is 2.65. The van der Waals surface area contributed by atoms with Crippen molar-refractivity contribution in [1.29, 1.82) is 0 Å². The van der Waals surface area contributed by atoms with Gasteiger partial charge in [-0.05, 0) is 68.4 Å². The van der Waals surface area contributed by atoms with Gasteiger partial charge in [-0.3, -0.25) is 0 Å². The summed E-state index contributed by atoms with van der Waals surface area (Å²) in [6.45, 7) is 16.5. The minimum atomic E-state index is 0.137. The lowest BCUT2D eigenvalue weighted by Crippen LogP contribution is -2.36. The molecule has 0 amide bonds. The van der Waals surface area contributed by atoms with E-state index in [0.717, 1.165) is 6.42 Å². The molecular formula is C25H32. The van der Waals surface area contributed by atoms with Crippen molar-refractivity contribution < 1.29 is 0 Å². The van der Waals surface area contributed by atoms with Gasteiger partial charge in [0.05, 0.1) is 0 Å². The van der Waals surface area contributed by atoms with Gasteiger partial charge in [0.25, 0.3) is 0 Å². The molecule has 0 spiro atoms. The van der Waals surface area contributed by atoms with Gasteiger partial charge in [0.15, 0.2) is 0 Å². The molecule has 0 saturated carbocycles. The molecule has 0 unspecified atom stereocenters.